The van der Waals surface area contributed by atoms with Crippen molar-refractivity contribution < 1.29 is 9.53 Å². The van der Waals surface area contributed by atoms with Gasteiger partial charge in [0.15, 0.2) is 28.9 Å². The molecule has 4 heterocycles. The van der Waals surface area contributed by atoms with Crippen LogP contribution in [0.3, 0.4) is 0 Å². The lowest BCUT2D eigenvalue weighted by Gasteiger charge is -2.22. The molecule has 0 bridgehead atoms. The number of hydrogen-bond donors (Lipinski definition) is 3. The number of hydrogen-bond acceptors (Lipinski definition) is 10. The summed E-state index contributed by atoms with van der Waals surface area (Å²) >= 11 is 0. The zero-order valence-electron chi connectivity index (χ0n) is 20.6. The summed E-state index contributed by atoms with van der Waals surface area (Å²) in [5.74, 6) is 1.12. The Bertz CT molecular complexity index is 1460. The lowest BCUT2D eigenvalue weighted by Crippen LogP contribution is -2.50. The number of anilines is 4. The van der Waals surface area contributed by atoms with Crippen LogP contribution in [0.25, 0.3) is 11.4 Å². The van der Waals surface area contributed by atoms with Crippen molar-refractivity contribution >= 4 is 52.6 Å². The standard InChI is InChI=1S/C22H21B3N10O2/c1-11-7-15(27-9-12(11)2)30-16-8-14(17(33-32-16)21(36)31-22(23,24)25)29-20-18(37-4)13(5-6-26-20)19-28-10-35(3)34-19/h5-10H,1-4H3,(H,31,36)(H2,26,27,29,30,32). The maximum Gasteiger partial charge on any atom is 0.272 e. The smallest absolute Gasteiger partial charge is 0.272 e. The van der Waals surface area contributed by atoms with E-state index in [0.29, 0.717) is 28.8 Å². The Labute approximate surface area is 217 Å². The number of rotatable bonds is 8. The SMILES string of the molecule is [B]C([B])([B])NC(=O)c1nnc(Nc2cc(C)c(C)cn2)cc1Nc1nccc(-c2ncn(C)n2)c1OC. The summed E-state index contributed by atoms with van der Waals surface area (Å²) in [5.41, 5.74) is 2.73. The van der Waals surface area contributed by atoms with Gasteiger partial charge in [-0.15, -0.1) is 10.2 Å². The fourth-order valence-corrected chi connectivity index (χ4v) is 3.31. The fraction of sp³-hybridized carbons (Fsp3) is 0.227. The van der Waals surface area contributed by atoms with E-state index in [2.05, 4.69) is 46.2 Å². The van der Waals surface area contributed by atoms with Crippen molar-refractivity contribution in [3.63, 3.8) is 0 Å². The molecule has 12 nitrogen and oxygen atoms in total. The lowest BCUT2D eigenvalue weighted by atomic mass is 9.49. The molecule has 0 aliphatic carbocycles. The molecule has 4 rings (SSSR count). The van der Waals surface area contributed by atoms with Crippen LogP contribution >= 0.6 is 0 Å². The third kappa shape index (κ3) is 6.05. The first-order valence-electron chi connectivity index (χ1n) is 11.0. The van der Waals surface area contributed by atoms with Crippen molar-refractivity contribution in [2.24, 2.45) is 7.05 Å². The topological polar surface area (TPSA) is 145 Å². The molecular weight excluding hydrogens is 469 g/mol. The second-order valence-electron chi connectivity index (χ2n) is 8.27. The first kappa shape index (κ1) is 25.7. The van der Waals surface area contributed by atoms with Crippen LogP contribution in [-0.2, 0) is 7.05 Å². The second kappa shape index (κ2) is 10.3. The molecule has 37 heavy (non-hydrogen) atoms. The molecule has 0 saturated heterocycles. The van der Waals surface area contributed by atoms with Gasteiger partial charge in [-0.1, -0.05) is 5.24 Å². The van der Waals surface area contributed by atoms with Gasteiger partial charge in [-0.3, -0.25) is 9.48 Å². The molecule has 1 amide bonds. The number of carbonyl (C=O) groups excluding carboxylic acids is 1. The quantitative estimate of drug-likeness (QED) is 0.307. The summed E-state index contributed by atoms with van der Waals surface area (Å²) in [7, 11) is 19.9. The van der Waals surface area contributed by atoms with Crippen LogP contribution in [0.5, 0.6) is 5.75 Å². The molecular formula is C22H21B3N10O2. The average Bonchev–Trinajstić information content (AvgIpc) is 3.26. The second-order valence-corrected chi connectivity index (χ2v) is 8.27. The summed E-state index contributed by atoms with van der Waals surface area (Å²) in [5, 5.41) is 18.9. The number of aryl methyl sites for hydroxylation is 3. The van der Waals surface area contributed by atoms with Crippen LogP contribution in [0.2, 0.25) is 0 Å². The molecule has 0 aliphatic rings. The Hall–Kier alpha value is -4.42. The lowest BCUT2D eigenvalue weighted by molar-refractivity contribution is 0.0947. The monoisotopic (exact) mass is 490 g/mol. The number of ether oxygens (including phenoxy) is 1. The molecule has 0 spiro atoms. The molecule has 3 N–H and O–H groups in total. The maximum atomic E-state index is 12.9. The van der Waals surface area contributed by atoms with E-state index in [1.165, 1.54) is 7.11 Å². The van der Waals surface area contributed by atoms with Gasteiger partial charge in [0, 0.05) is 25.5 Å². The largest absolute Gasteiger partial charge is 0.492 e. The summed E-state index contributed by atoms with van der Waals surface area (Å²) in [4.78, 5) is 25.9. The van der Waals surface area contributed by atoms with E-state index in [1.807, 2.05) is 19.9 Å². The van der Waals surface area contributed by atoms with Gasteiger partial charge in [0.05, 0.1) is 41.9 Å². The van der Waals surface area contributed by atoms with Gasteiger partial charge in [-0.25, -0.2) is 15.0 Å². The highest BCUT2D eigenvalue weighted by atomic mass is 16.5. The van der Waals surface area contributed by atoms with Gasteiger partial charge in [0.1, 0.15) is 12.1 Å². The summed E-state index contributed by atoms with van der Waals surface area (Å²) in [6.07, 6.45) is 4.85. The van der Waals surface area contributed by atoms with Crippen LogP contribution in [0, 0.1) is 13.8 Å². The average molecular weight is 490 g/mol. The van der Waals surface area contributed by atoms with Gasteiger partial charge in [-0.05, 0) is 37.1 Å². The van der Waals surface area contributed by atoms with Gasteiger partial charge in [0.25, 0.3) is 5.91 Å². The van der Waals surface area contributed by atoms with Crippen molar-refractivity contribution in [3.05, 3.63) is 53.7 Å². The molecule has 0 atom stereocenters. The predicted octanol–water partition coefficient (Wildman–Crippen LogP) is 1.02. The van der Waals surface area contributed by atoms with E-state index in [9.17, 15) is 4.79 Å². The van der Waals surface area contributed by atoms with Crippen LogP contribution in [0.1, 0.15) is 21.6 Å². The number of amides is 1. The third-order valence-corrected chi connectivity index (χ3v) is 5.17. The van der Waals surface area contributed by atoms with Gasteiger partial charge in [-0.2, -0.15) is 5.10 Å². The highest BCUT2D eigenvalue weighted by Gasteiger charge is 2.23. The van der Waals surface area contributed by atoms with E-state index in [0.717, 1.165) is 11.1 Å². The van der Waals surface area contributed by atoms with E-state index < -0.39 is 11.1 Å². The minimum absolute atomic E-state index is 0.144. The third-order valence-electron chi connectivity index (χ3n) is 5.17. The first-order chi connectivity index (χ1) is 17.5. The molecule has 180 valence electrons. The summed E-state index contributed by atoms with van der Waals surface area (Å²) < 4.78 is 7.17. The molecule has 4 aromatic rings. The Balaban J connectivity index is 1.75. The molecule has 0 fully saturated rings. The number of carbonyl (C=O) groups is 1. The Morgan fingerprint density at radius 1 is 1.03 bits per heavy atom. The molecule has 15 heteroatoms. The Morgan fingerprint density at radius 2 is 1.81 bits per heavy atom. The van der Waals surface area contributed by atoms with Gasteiger partial charge >= 0.3 is 0 Å². The molecule has 0 unspecified atom stereocenters. The normalized spacial score (nSPS) is 11.1. The summed E-state index contributed by atoms with van der Waals surface area (Å²) in [6, 6.07) is 5.13. The first-order valence-corrected chi connectivity index (χ1v) is 11.0. The van der Waals surface area contributed by atoms with E-state index >= 15 is 0 Å². The minimum Gasteiger partial charge on any atom is -0.492 e. The minimum atomic E-state index is -1.98. The molecule has 0 aliphatic heterocycles. The Morgan fingerprint density at radius 3 is 2.46 bits per heavy atom. The number of pyridine rings is 2. The highest BCUT2D eigenvalue weighted by molar-refractivity contribution is 6.60. The number of aromatic nitrogens is 7. The highest BCUT2D eigenvalue weighted by Crippen LogP contribution is 2.35. The van der Waals surface area contributed by atoms with E-state index in [4.69, 9.17) is 28.3 Å². The van der Waals surface area contributed by atoms with Crippen LogP contribution < -0.4 is 20.7 Å². The van der Waals surface area contributed by atoms with Crippen LogP contribution in [0.15, 0.2) is 36.9 Å². The Kier molecular flexibility index (Phi) is 7.14. The van der Waals surface area contributed by atoms with Crippen molar-refractivity contribution in [1.82, 2.24) is 40.2 Å². The van der Waals surface area contributed by atoms with E-state index in [1.54, 1.807) is 42.6 Å². The molecule has 0 aromatic carbocycles. The molecule has 6 radical (unpaired) electrons. The predicted molar refractivity (Wildman–Crippen MR) is 141 cm³/mol. The van der Waals surface area contributed by atoms with E-state index in [-0.39, 0.29) is 17.2 Å². The van der Waals surface area contributed by atoms with Crippen molar-refractivity contribution in [1.29, 1.82) is 0 Å². The zero-order valence-corrected chi connectivity index (χ0v) is 20.6. The van der Waals surface area contributed by atoms with Crippen molar-refractivity contribution in [3.8, 4) is 17.1 Å². The summed E-state index contributed by atoms with van der Waals surface area (Å²) in [6.45, 7) is 3.93. The van der Waals surface area contributed by atoms with Gasteiger partial charge < -0.3 is 20.7 Å². The molecule has 0 saturated carbocycles. The number of nitrogens with zero attached hydrogens (tertiary/aromatic N) is 7. The van der Waals surface area contributed by atoms with Crippen molar-refractivity contribution in [2.75, 3.05) is 17.7 Å². The number of nitrogens with one attached hydrogen (secondary N) is 3. The van der Waals surface area contributed by atoms with Crippen molar-refractivity contribution in [2.45, 2.75) is 19.1 Å². The van der Waals surface area contributed by atoms with Crippen LogP contribution in [0.4, 0.5) is 23.1 Å². The molecule has 4 aromatic heterocycles. The fourth-order valence-electron chi connectivity index (χ4n) is 3.31. The maximum absolute atomic E-state index is 12.9. The number of methoxy groups -OCH3 is 1. The van der Waals surface area contributed by atoms with Crippen LogP contribution in [-0.4, -0.2) is 76.7 Å². The van der Waals surface area contributed by atoms with Gasteiger partial charge in [0.2, 0.25) is 0 Å². The zero-order chi connectivity index (χ0) is 26.7.